The van der Waals surface area contributed by atoms with E-state index in [-0.39, 0.29) is 11.9 Å². The van der Waals surface area contributed by atoms with Gasteiger partial charge < -0.3 is 15.4 Å². The summed E-state index contributed by atoms with van der Waals surface area (Å²) in [6, 6.07) is 20.7. The maximum Gasteiger partial charge on any atom is 0.251 e. The van der Waals surface area contributed by atoms with Gasteiger partial charge in [-0.25, -0.2) is 4.98 Å². The molecule has 0 saturated heterocycles. The van der Waals surface area contributed by atoms with Gasteiger partial charge in [0.25, 0.3) is 5.91 Å². The van der Waals surface area contributed by atoms with E-state index in [4.69, 9.17) is 4.74 Å². The summed E-state index contributed by atoms with van der Waals surface area (Å²) in [5.41, 5.74) is 2.45. The lowest BCUT2D eigenvalue weighted by Gasteiger charge is -2.15. The summed E-state index contributed by atoms with van der Waals surface area (Å²) in [6.07, 6.45) is 1.62. The van der Waals surface area contributed by atoms with Crippen molar-refractivity contribution in [3.63, 3.8) is 0 Å². The summed E-state index contributed by atoms with van der Waals surface area (Å²) in [5.74, 6) is 1.20. The Morgan fingerprint density at radius 3 is 2.62 bits per heavy atom. The van der Waals surface area contributed by atoms with Gasteiger partial charge >= 0.3 is 0 Å². The molecule has 132 valence electrons. The van der Waals surface area contributed by atoms with Gasteiger partial charge in [0.15, 0.2) is 0 Å². The average molecular weight is 347 g/mol. The van der Waals surface area contributed by atoms with Crippen LogP contribution in [0, 0.1) is 0 Å². The molecule has 0 aliphatic heterocycles. The topological polar surface area (TPSA) is 63.2 Å². The summed E-state index contributed by atoms with van der Waals surface area (Å²) in [4.78, 5) is 16.8. The van der Waals surface area contributed by atoms with Crippen LogP contribution in [0.3, 0.4) is 0 Å². The molecule has 26 heavy (non-hydrogen) atoms. The third-order valence-corrected chi connectivity index (χ3v) is 4.01. The van der Waals surface area contributed by atoms with Gasteiger partial charge in [-0.2, -0.15) is 0 Å². The smallest absolute Gasteiger partial charge is 0.251 e. The highest BCUT2D eigenvalue weighted by atomic mass is 16.5. The molecule has 0 saturated carbocycles. The van der Waals surface area contributed by atoms with Gasteiger partial charge in [-0.3, -0.25) is 4.79 Å². The maximum absolute atomic E-state index is 12.5. The van der Waals surface area contributed by atoms with Gasteiger partial charge in [0, 0.05) is 23.5 Å². The molecule has 0 aliphatic rings. The highest BCUT2D eigenvalue weighted by molar-refractivity contribution is 5.95. The van der Waals surface area contributed by atoms with Crippen molar-refractivity contribution < 1.29 is 9.53 Å². The minimum atomic E-state index is -0.141. The number of aromatic nitrogens is 1. The van der Waals surface area contributed by atoms with Crippen LogP contribution >= 0.6 is 0 Å². The number of amides is 1. The first kappa shape index (κ1) is 17.5. The molecule has 2 N–H and O–H groups in total. The van der Waals surface area contributed by atoms with E-state index in [0.717, 1.165) is 17.0 Å². The molecule has 0 bridgehead atoms. The Kier molecular flexibility index (Phi) is 5.49. The highest BCUT2D eigenvalue weighted by Crippen LogP contribution is 2.21. The van der Waals surface area contributed by atoms with Gasteiger partial charge in [-0.15, -0.1) is 0 Å². The normalized spacial score (nSPS) is 11.5. The molecule has 0 unspecified atom stereocenters. The number of methoxy groups -OCH3 is 1. The molecule has 0 radical (unpaired) electrons. The number of hydrogen-bond acceptors (Lipinski definition) is 4. The number of rotatable bonds is 6. The second-order valence-corrected chi connectivity index (χ2v) is 5.89. The zero-order valence-corrected chi connectivity index (χ0v) is 14.8. The predicted octanol–water partition coefficient (Wildman–Crippen LogP) is 4.32. The number of anilines is 2. The van der Waals surface area contributed by atoms with E-state index in [1.807, 2.05) is 61.5 Å². The molecule has 5 heteroatoms. The number of carbonyl (C=O) groups excluding carboxylic acids is 1. The van der Waals surface area contributed by atoms with Crippen LogP contribution in [0.25, 0.3) is 0 Å². The first-order valence-corrected chi connectivity index (χ1v) is 8.38. The van der Waals surface area contributed by atoms with Crippen LogP contribution in [0.4, 0.5) is 11.5 Å². The van der Waals surface area contributed by atoms with Crippen LogP contribution in [0.15, 0.2) is 72.9 Å². The number of benzene rings is 2. The molecule has 0 fully saturated rings. The first-order chi connectivity index (χ1) is 12.7. The first-order valence-electron chi connectivity index (χ1n) is 8.38. The summed E-state index contributed by atoms with van der Waals surface area (Å²) < 4.78 is 5.22. The van der Waals surface area contributed by atoms with Crippen LogP contribution in [-0.4, -0.2) is 18.0 Å². The molecule has 5 nitrogen and oxygen atoms in total. The van der Waals surface area contributed by atoms with E-state index in [1.165, 1.54) is 0 Å². The standard InChI is InChI=1S/C21H21N3O2/c1-15(16-7-4-3-5-8-16)23-21(25)17-11-12-22-20(13-17)24-18-9-6-10-19(14-18)26-2/h3-15H,1-2H3,(H,22,24)(H,23,25)/t15-/m0/s1. The van der Waals surface area contributed by atoms with Gasteiger partial charge in [-0.05, 0) is 36.8 Å². The third-order valence-electron chi connectivity index (χ3n) is 4.01. The predicted molar refractivity (Wildman–Crippen MR) is 103 cm³/mol. The minimum Gasteiger partial charge on any atom is -0.497 e. The van der Waals surface area contributed by atoms with Crippen LogP contribution in [0.2, 0.25) is 0 Å². The van der Waals surface area contributed by atoms with Crippen molar-refractivity contribution >= 4 is 17.4 Å². The summed E-state index contributed by atoms with van der Waals surface area (Å²) in [5, 5.41) is 6.20. The second kappa shape index (κ2) is 8.16. The fourth-order valence-electron chi connectivity index (χ4n) is 2.59. The van der Waals surface area contributed by atoms with Crippen molar-refractivity contribution in [1.29, 1.82) is 0 Å². The lowest BCUT2D eigenvalue weighted by Crippen LogP contribution is -2.26. The van der Waals surface area contributed by atoms with Gasteiger partial charge in [-0.1, -0.05) is 36.4 Å². The number of carbonyl (C=O) groups is 1. The fourth-order valence-corrected chi connectivity index (χ4v) is 2.59. The van der Waals surface area contributed by atoms with Crippen molar-refractivity contribution in [3.8, 4) is 5.75 Å². The molecule has 3 rings (SSSR count). The Bertz CT molecular complexity index is 881. The molecule has 1 amide bonds. The number of pyridine rings is 1. The van der Waals surface area contributed by atoms with E-state index < -0.39 is 0 Å². The molecule has 3 aromatic rings. The summed E-state index contributed by atoms with van der Waals surface area (Å²) >= 11 is 0. The fraction of sp³-hybridized carbons (Fsp3) is 0.143. The maximum atomic E-state index is 12.5. The van der Waals surface area contributed by atoms with Crippen molar-refractivity contribution in [2.75, 3.05) is 12.4 Å². The Labute approximate surface area is 153 Å². The van der Waals surface area contributed by atoms with Crippen LogP contribution < -0.4 is 15.4 Å². The molecule has 1 atom stereocenters. The zero-order valence-electron chi connectivity index (χ0n) is 14.8. The Morgan fingerprint density at radius 1 is 1.04 bits per heavy atom. The van der Waals surface area contributed by atoms with Gasteiger partial charge in [0.2, 0.25) is 0 Å². The summed E-state index contributed by atoms with van der Waals surface area (Å²) in [7, 11) is 1.62. The lowest BCUT2D eigenvalue weighted by molar-refractivity contribution is 0.0940. The van der Waals surface area contributed by atoms with E-state index in [0.29, 0.717) is 11.4 Å². The Morgan fingerprint density at radius 2 is 1.85 bits per heavy atom. The van der Waals surface area contributed by atoms with Crippen molar-refractivity contribution in [2.45, 2.75) is 13.0 Å². The Hall–Kier alpha value is -3.34. The van der Waals surface area contributed by atoms with E-state index >= 15 is 0 Å². The quantitative estimate of drug-likeness (QED) is 0.697. The molecule has 1 aromatic heterocycles. The van der Waals surface area contributed by atoms with E-state index in [1.54, 1.807) is 25.4 Å². The highest BCUT2D eigenvalue weighted by Gasteiger charge is 2.12. The van der Waals surface area contributed by atoms with E-state index in [2.05, 4.69) is 15.6 Å². The molecule has 0 spiro atoms. The number of ether oxygens (including phenoxy) is 1. The minimum absolute atomic E-state index is 0.0772. The largest absolute Gasteiger partial charge is 0.497 e. The van der Waals surface area contributed by atoms with Gasteiger partial charge in [0.05, 0.1) is 13.2 Å². The van der Waals surface area contributed by atoms with Crippen LogP contribution in [-0.2, 0) is 0 Å². The van der Waals surface area contributed by atoms with Crippen LogP contribution in [0.5, 0.6) is 5.75 Å². The van der Waals surface area contributed by atoms with E-state index in [9.17, 15) is 4.79 Å². The molecule has 2 aromatic carbocycles. The monoisotopic (exact) mass is 347 g/mol. The number of nitrogens with one attached hydrogen (secondary N) is 2. The lowest BCUT2D eigenvalue weighted by atomic mass is 10.1. The summed E-state index contributed by atoms with van der Waals surface area (Å²) in [6.45, 7) is 1.96. The molecule has 1 heterocycles. The van der Waals surface area contributed by atoms with Gasteiger partial charge in [0.1, 0.15) is 11.6 Å². The van der Waals surface area contributed by atoms with Crippen molar-refractivity contribution in [3.05, 3.63) is 84.1 Å². The number of hydrogen-bond donors (Lipinski definition) is 2. The molecule has 0 aliphatic carbocycles. The number of nitrogens with zero attached hydrogens (tertiary/aromatic N) is 1. The SMILES string of the molecule is COc1cccc(Nc2cc(C(=O)N[C@@H](C)c3ccccc3)ccn2)c1. The molecular formula is C21H21N3O2. The average Bonchev–Trinajstić information content (AvgIpc) is 2.69. The van der Waals surface area contributed by atoms with Crippen molar-refractivity contribution in [2.24, 2.45) is 0 Å². The van der Waals surface area contributed by atoms with Crippen LogP contribution in [0.1, 0.15) is 28.9 Å². The second-order valence-electron chi connectivity index (χ2n) is 5.89. The Balaban J connectivity index is 1.71. The third kappa shape index (κ3) is 4.39. The zero-order chi connectivity index (χ0) is 18.4. The van der Waals surface area contributed by atoms with Crippen molar-refractivity contribution in [1.82, 2.24) is 10.3 Å². The molecular weight excluding hydrogens is 326 g/mol.